The molecule has 1 aromatic heterocycles. The minimum Gasteiger partial charge on any atom is -0.300 e. The highest BCUT2D eigenvalue weighted by Gasteiger charge is 2.19. The highest BCUT2D eigenvalue weighted by atomic mass is 32.2. The molecule has 1 amide bonds. The Morgan fingerprint density at radius 3 is 2.62 bits per heavy atom. The summed E-state index contributed by atoms with van der Waals surface area (Å²) in [5.41, 5.74) is 0.664. The van der Waals surface area contributed by atoms with Crippen LogP contribution in [0.15, 0.2) is 30.3 Å². The van der Waals surface area contributed by atoms with E-state index in [4.69, 9.17) is 0 Å². The predicted molar refractivity (Wildman–Crippen MR) is 95.8 cm³/mol. The average Bonchev–Trinajstić information content (AvgIpc) is 2.95. The number of rotatable bonds is 8. The molecule has 8 heteroatoms. The summed E-state index contributed by atoms with van der Waals surface area (Å²) in [5, 5.41) is 11.7. The van der Waals surface area contributed by atoms with E-state index in [1.807, 2.05) is 6.07 Å². The minimum atomic E-state index is -3.53. The molecule has 0 spiro atoms. The Hall–Kier alpha value is -1.80. The first kappa shape index (κ1) is 18.5. The molecule has 2 aromatic rings. The number of nitrogens with zero attached hydrogens (tertiary/aromatic N) is 2. The summed E-state index contributed by atoms with van der Waals surface area (Å²) in [6.07, 6.45) is 2.04. The Bertz CT molecular complexity index is 773. The van der Waals surface area contributed by atoms with Crippen molar-refractivity contribution in [2.75, 3.05) is 11.1 Å². The zero-order chi connectivity index (χ0) is 17.6. The Morgan fingerprint density at radius 2 is 1.96 bits per heavy atom. The van der Waals surface area contributed by atoms with Gasteiger partial charge in [-0.3, -0.25) is 10.1 Å². The molecule has 1 heterocycles. The van der Waals surface area contributed by atoms with Gasteiger partial charge < -0.3 is 0 Å². The van der Waals surface area contributed by atoms with E-state index < -0.39 is 21.5 Å². The highest BCUT2D eigenvalue weighted by molar-refractivity contribution is 7.91. The monoisotopic (exact) mass is 367 g/mol. The molecule has 0 saturated heterocycles. The number of carbonyl (C=O) groups excluding carboxylic acids is 1. The molecule has 0 radical (unpaired) electrons. The van der Waals surface area contributed by atoms with Gasteiger partial charge in [0.05, 0.1) is 5.75 Å². The first-order valence-electron chi connectivity index (χ1n) is 7.77. The van der Waals surface area contributed by atoms with E-state index in [-0.39, 0.29) is 11.7 Å². The number of carbonyl (C=O) groups is 1. The van der Waals surface area contributed by atoms with Crippen LogP contribution >= 0.6 is 11.3 Å². The van der Waals surface area contributed by atoms with Crippen LogP contribution in [0, 0.1) is 0 Å². The SMILES string of the molecule is CCC[C@@H](C)c1nnc(NC(=O)CS(=O)(=O)Cc2ccccc2)s1. The molecule has 0 aliphatic heterocycles. The molecule has 0 unspecified atom stereocenters. The lowest BCUT2D eigenvalue weighted by Gasteiger charge is -2.05. The lowest BCUT2D eigenvalue weighted by atomic mass is 10.1. The van der Waals surface area contributed by atoms with Crippen LogP contribution in [0.1, 0.15) is 43.2 Å². The Balaban J connectivity index is 1.93. The molecule has 0 aliphatic rings. The standard InChI is InChI=1S/C16H21N3O3S2/c1-3-7-12(2)15-18-19-16(23-15)17-14(20)11-24(21,22)10-13-8-5-4-6-9-13/h4-6,8-9,12H,3,7,10-11H2,1-2H3,(H,17,19,20)/t12-/m1/s1. The van der Waals surface area contributed by atoms with Gasteiger partial charge in [0.2, 0.25) is 11.0 Å². The van der Waals surface area contributed by atoms with E-state index in [0.717, 1.165) is 17.8 Å². The normalized spacial score (nSPS) is 12.8. The van der Waals surface area contributed by atoms with Gasteiger partial charge in [0, 0.05) is 5.92 Å². The molecular weight excluding hydrogens is 346 g/mol. The second kappa shape index (κ2) is 8.34. The van der Waals surface area contributed by atoms with Crippen molar-refractivity contribution in [2.24, 2.45) is 0 Å². The molecule has 130 valence electrons. The third-order valence-electron chi connectivity index (χ3n) is 3.41. The van der Waals surface area contributed by atoms with Gasteiger partial charge in [-0.1, -0.05) is 61.9 Å². The summed E-state index contributed by atoms with van der Waals surface area (Å²) in [7, 11) is -3.53. The number of anilines is 1. The Labute approximate surface area is 146 Å². The van der Waals surface area contributed by atoms with Crippen molar-refractivity contribution in [3.63, 3.8) is 0 Å². The molecule has 0 bridgehead atoms. The van der Waals surface area contributed by atoms with Crippen molar-refractivity contribution in [2.45, 2.75) is 38.4 Å². The predicted octanol–water partition coefficient (Wildman–Crippen LogP) is 3.00. The van der Waals surface area contributed by atoms with Gasteiger partial charge in [-0.05, 0) is 12.0 Å². The molecule has 1 N–H and O–H groups in total. The number of hydrogen-bond acceptors (Lipinski definition) is 6. The fourth-order valence-electron chi connectivity index (χ4n) is 2.28. The maximum atomic E-state index is 12.1. The smallest absolute Gasteiger partial charge is 0.241 e. The Morgan fingerprint density at radius 1 is 1.25 bits per heavy atom. The van der Waals surface area contributed by atoms with E-state index in [1.165, 1.54) is 11.3 Å². The molecule has 2 rings (SSSR count). The zero-order valence-electron chi connectivity index (χ0n) is 13.7. The van der Waals surface area contributed by atoms with Gasteiger partial charge in [0.25, 0.3) is 0 Å². The summed E-state index contributed by atoms with van der Waals surface area (Å²) in [6, 6.07) is 8.80. The molecule has 24 heavy (non-hydrogen) atoms. The van der Waals surface area contributed by atoms with E-state index in [2.05, 4.69) is 29.4 Å². The summed E-state index contributed by atoms with van der Waals surface area (Å²) in [5.74, 6) is -1.03. The summed E-state index contributed by atoms with van der Waals surface area (Å²) in [4.78, 5) is 12.0. The number of hydrogen-bond donors (Lipinski definition) is 1. The van der Waals surface area contributed by atoms with E-state index in [0.29, 0.717) is 10.7 Å². The fourth-order valence-corrected chi connectivity index (χ4v) is 4.39. The molecular formula is C16H21N3O3S2. The van der Waals surface area contributed by atoms with Crippen molar-refractivity contribution in [1.82, 2.24) is 10.2 Å². The summed E-state index contributed by atoms with van der Waals surface area (Å²) in [6.45, 7) is 4.15. The lowest BCUT2D eigenvalue weighted by Crippen LogP contribution is -2.23. The van der Waals surface area contributed by atoms with E-state index in [1.54, 1.807) is 24.3 Å². The van der Waals surface area contributed by atoms with Gasteiger partial charge in [0.1, 0.15) is 10.8 Å². The van der Waals surface area contributed by atoms with Crippen LogP contribution in [0.25, 0.3) is 0 Å². The van der Waals surface area contributed by atoms with Crippen LogP contribution in [0.4, 0.5) is 5.13 Å². The first-order valence-corrected chi connectivity index (χ1v) is 10.4. The third kappa shape index (κ3) is 5.68. The molecule has 0 fully saturated rings. The van der Waals surface area contributed by atoms with Crippen molar-refractivity contribution >= 4 is 32.2 Å². The second-order valence-electron chi connectivity index (χ2n) is 5.70. The molecule has 1 aromatic carbocycles. The van der Waals surface area contributed by atoms with Crippen LogP contribution in [0.2, 0.25) is 0 Å². The third-order valence-corrected chi connectivity index (χ3v) is 5.96. The maximum absolute atomic E-state index is 12.1. The fraction of sp³-hybridized carbons (Fsp3) is 0.438. The van der Waals surface area contributed by atoms with Crippen molar-refractivity contribution in [3.8, 4) is 0 Å². The molecule has 1 atom stereocenters. The van der Waals surface area contributed by atoms with Crippen LogP contribution < -0.4 is 5.32 Å². The van der Waals surface area contributed by atoms with Gasteiger partial charge in [-0.2, -0.15) is 0 Å². The van der Waals surface area contributed by atoms with Crippen LogP contribution in [-0.4, -0.2) is 30.3 Å². The number of sulfone groups is 1. The average molecular weight is 367 g/mol. The quantitative estimate of drug-likeness (QED) is 0.775. The van der Waals surface area contributed by atoms with Gasteiger partial charge in [-0.25, -0.2) is 8.42 Å². The van der Waals surface area contributed by atoms with E-state index in [9.17, 15) is 13.2 Å². The van der Waals surface area contributed by atoms with Crippen LogP contribution in [0.3, 0.4) is 0 Å². The van der Waals surface area contributed by atoms with Gasteiger partial charge in [0.15, 0.2) is 9.84 Å². The lowest BCUT2D eigenvalue weighted by molar-refractivity contribution is -0.113. The van der Waals surface area contributed by atoms with Crippen LogP contribution in [0.5, 0.6) is 0 Å². The summed E-state index contributed by atoms with van der Waals surface area (Å²) >= 11 is 1.29. The number of amides is 1. The minimum absolute atomic E-state index is 0.157. The largest absolute Gasteiger partial charge is 0.300 e. The second-order valence-corrected chi connectivity index (χ2v) is 8.77. The first-order chi connectivity index (χ1) is 11.4. The van der Waals surface area contributed by atoms with Crippen molar-refractivity contribution < 1.29 is 13.2 Å². The highest BCUT2D eigenvalue weighted by Crippen LogP contribution is 2.26. The summed E-state index contributed by atoms with van der Waals surface area (Å²) < 4.78 is 24.2. The number of aromatic nitrogens is 2. The Kier molecular flexibility index (Phi) is 6.44. The van der Waals surface area contributed by atoms with E-state index >= 15 is 0 Å². The van der Waals surface area contributed by atoms with Gasteiger partial charge >= 0.3 is 0 Å². The molecule has 0 saturated carbocycles. The molecule has 0 aliphatic carbocycles. The van der Waals surface area contributed by atoms with Gasteiger partial charge in [-0.15, -0.1) is 10.2 Å². The topological polar surface area (TPSA) is 89.0 Å². The molecule has 6 nitrogen and oxygen atoms in total. The maximum Gasteiger partial charge on any atom is 0.241 e. The van der Waals surface area contributed by atoms with Crippen LogP contribution in [-0.2, 0) is 20.4 Å². The van der Waals surface area contributed by atoms with Crippen molar-refractivity contribution in [3.05, 3.63) is 40.9 Å². The van der Waals surface area contributed by atoms with Crippen molar-refractivity contribution in [1.29, 1.82) is 0 Å². The number of nitrogens with one attached hydrogen (secondary N) is 1. The number of benzene rings is 1. The zero-order valence-corrected chi connectivity index (χ0v) is 15.4.